The van der Waals surface area contributed by atoms with E-state index in [-0.39, 0.29) is 5.92 Å². The van der Waals surface area contributed by atoms with Crippen molar-refractivity contribution in [3.63, 3.8) is 0 Å². The summed E-state index contributed by atoms with van der Waals surface area (Å²) in [5, 5.41) is 17.4. The van der Waals surface area contributed by atoms with Crippen LogP contribution in [-0.4, -0.2) is 9.13 Å². The maximum Gasteiger partial charge on any atom is 0.145 e. The summed E-state index contributed by atoms with van der Waals surface area (Å²) < 4.78 is 11.1. The van der Waals surface area contributed by atoms with Crippen LogP contribution in [0.2, 0.25) is 0 Å². The molecular weight excluding hydrogens is 574 g/mol. The van der Waals surface area contributed by atoms with Gasteiger partial charge in [0, 0.05) is 44.2 Å². The topological polar surface area (TPSA) is 46.8 Å². The molecule has 10 rings (SSSR count). The Kier molecular flexibility index (Phi) is 5.44. The van der Waals surface area contributed by atoms with E-state index in [0.717, 1.165) is 67.1 Å². The van der Waals surface area contributed by atoms with Crippen LogP contribution in [0, 0.1) is 11.3 Å². The Labute approximate surface area is 270 Å². The molecule has 6 aromatic carbocycles. The summed E-state index contributed by atoms with van der Waals surface area (Å²) in [6.07, 6.45) is 7.60. The molecule has 1 atom stereocenters. The number of nitriles is 1. The Bertz CT molecular complexity index is 2800. The van der Waals surface area contributed by atoms with Gasteiger partial charge in [-0.1, -0.05) is 91.0 Å². The van der Waals surface area contributed by atoms with Crippen LogP contribution in [0.4, 0.5) is 0 Å². The summed E-state index contributed by atoms with van der Waals surface area (Å²) in [5.74, 6) is 0.115. The molecule has 0 aliphatic heterocycles. The Balaban J connectivity index is 1.07. The molecule has 0 saturated carbocycles. The molecule has 3 heterocycles. The molecule has 47 heavy (non-hydrogen) atoms. The minimum atomic E-state index is 0.115. The first kappa shape index (κ1) is 26.0. The predicted molar refractivity (Wildman–Crippen MR) is 193 cm³/mol. The summed E-state index contributed by atoms with van der Waals surface area (Å²) in [4.78, 5) is 0. The van der Waals surface area contributed by atoms with Crippen molar-refractivity contribution in [2.24, 2.45) is 0 Å². The summed E-state index contributed by atoms with van der Waals surface area (Å²) in [6.45, 7) is 0. The number of benzene rings is 6. The van der Waals surface area contributed by atoms with Gasteiger partial charge in [0.25, 0.3) is 0 Å². The molecule has 1 aliphatic carbocycles. The van der Waals surface area contributed by atoms with Crippen LogP contribution in [0.25, 0.3) is 76.9 Å². The molecule has 1 aliphatic rings. The van der Waals surface area contributed by atoms with E-state index in [1.54, 1.807) is 0 Å². The first-order valence-electron chi connectivity index (χ1n) is 16.0. The lowest BCUT2D eigenvalue weighted by Gasteiger charge is -2.20. The van der Waals surface area contributed by atoms with E-state index >= 15 is 0 Å². The van der Waals surface area contributed by atoms with Gasteiger partial charge in [0.2, 0.25) is 0 Å². The van der Waals surface area contributed by atoms with Gasteiger partial charge in [0.15, 0.2) is 0 Å². The number of fused-ring (bicyclic) bond motifs is 10. The minimum Gasteiger partial charge on any atom is -0.455 e. The maximum atomic E-state index is 10.4. The fourth-order valence-corrected chi connectivity index (χ4v) is 7.82. The van der Waals surface area contributed by atoms with Crippen molar-refractivity contribution < 1.29 is 4.42 Å². The van der Waals surface area contributed by atoms with Gasteiger partial charge in [0.1, 0.15) is 11.2 Å². The zero-order chi connectivity index (χ0) is 31.1. The summed E-state index contributed by atoms with van der Waals surface area (Å²) in [7, 11) is 0. The van der Waals surface area contributed by atoms with Gasteiger partial charge in [-0.3, -0.25) is 0 Å². The molecule has 1 unspecified atom stereocenters. The van der Waals surface area contributed by atoms with Crippen LogP contribution in [0.5, 0.6) is 0 Å². The van der Waals surface area contributed by atoms with Gasteiger partial charge in [-0.15, -0.1) is 0 Å². The van der Waals surface area contributed by atoms with Crippen molar-refractivity contribution in [3.05, 3.63) is 157 Å². The monoisotopic (exact) mass is 601 g/mol. The van der Waals surface area contributed by atoms with Crippen molar-refractivity contribution in [1.82, 2.24) is 9.13 Å². The molecule has 4 heteroatoms. The van der Waals surface area contributed by atoms with Crippen LogP contribution < -0.4 is 0 Å². The lowest BCUT2D eigenvalue weighted by molar-refractivity contribution is 0.673. The van der Waals surface area contributed by atoms with E-state index in [1.807, 2.05) is 18.2 Å². The Morgan fingerprint density at radius 3 is 1.98 bits per heavy atom. The van der Waals surface area contributed by atoms with E-state index in [2.05, 4.69) is 143 Å². The second-order valence-electron chi connectivity index (χ2n) is 12.4. The number of allylic oxidation sites excluding steroid dienone is 4. The summed E-state index contributed by atoms with van der Waals surface area (Å²) in [5.41, 5.74) is 10.2. The molecule has 0 amide bonds. The number of aromatic nitrogens is 2. The first-order valence-corrected chi connectivity index (χ1v) is 16.0. The Morgan fingerprint density at radius 2 is 1.28 bits per heavy atom. The molecule has 0 spiro atoms. The van der Waals surface area contributed by atoms with Crippen LogP contribution >= 0.6 is 0 Å². The quantitative estimate of drug-likeness (QED) is 0.202. The van der Waals surface area contributed by atoms with Crippen molar-refractivity contribution in [2.45, 2.75) is 12.3 Å². The van der Waals surface area contributed by atoms with Gasteiger partial charge in [-0.25, -0.2) is 0 Å². The van der Waals surface area contributed by atoms with Crippen molar-refractivity contribution in [1.29, 1.82) is 5.26 Å². The van der Waals surface area contributed by atoms with Crippen LogP contribution in [0.15, 0.2) is 150 Å². The fourth-order valence-electron chi connectivity index (χ4n) is 7.82. The second-order valence-corrected chi connectivity index (χ2v) is 12.4. The third-order valence-electron chi connectivity index (χ3n) is 9.91. The highest BCUT2D eigenvalue weighted by Gasteiger charge is 2.21. The maximum absolute atomic E-state index is 10.4. The van der Waals surface area contributed by atoms with Crippen LogP contribution in [0.1, 0.15) is 23.5 Å². The van der Waals surface area contributed by atoms with Gasteiger partial charge in [0.05, 0.1) is 39.1 Å². The summed E-state index contributed by atoms with van der Waals surface area (Å²) >= 11 is 0. The van der Waals surface area contributed by atoms with E-state index < -0.39 is 0 Å². The molecule has 0 fully saturated rings. The highest BCUT2D eigenvalue weighted by molar-refractivity contribution is 6.23. The van der Waals surface area contributed by atoms with Gasteiger partial charge >= 0.3 is 0 Å². The molecular formula is C43H27N3O. The third-order valence-corrected chi connectivity index (χ3v) is 9.91. The Morgan fingerprint density at radius 1 is 0.617 bits per heavy atom. The fraction of sp³-hybridized carbons (Fsp3) is 0.0465. The largest absolute Gasteiger partial charge is 0.455 e. The summed E-state index contributed by atoms with van der Waals surface area (Å²) in [6, 6.07) is 47.1. The van der Waals surface area contributed by atoms with E-state index in [4.69, 9.17) is 4.42 Å². The van der Waals surface area contributed by atoms with E-state index in [9.17, 15) is 5.26 Å². The number of hydrogen-bond donors (Lipinski definition) is 0. The lowest BCUT2D eigenvalue weighted by atomic mass is 9.88. The Hall–Kier alpha value is -6.31. The molecule has 0 saturated heterocycles. The van der Waals surface area contributed by atoms with E-state index in [0.29, 0.717) is 5.56 Å². The number of rotatable bonds is 3. The highest BCUT2D eigenvalue weighted by atomic mass is 16.3. The minimum absolute atomic E-state index is 0.115. The van der Waals surface area contributed by atoms with Crippen molar-refractivity contribution in [3.8, 4) is 11.8 Å². The second kappa shape index (κ2) is 9.84. The van der Waals surface area contributed by atoms with Gasteiger partial charge in [-0.05, 0) is 66.6 Å². The lowest BCUT2D eigenvalue weighted by Crippen LogP contribution is -2.05. The molecule has 9 aromatic rings. The molecule has 0 radical (unpaired) electrons. The third kappa shape index (κ3) is 3.69. The molecule has 3 aromatic heterocycles. The van der Waals surface area contributed by atoms with Crippen molar-refractivity contribution in [2.75, 3.05) is 0 Å². The standard InChI is InChI=1S/C43H27N3O/c44-26-28-25-30(46-39-15-7-3-12-36(39)42-40(46)24-23-35-34-11-4-8-16-41(34)47-43(35)42)21-22-31(28)27-17-19-29(20-18-27)45-37-13-5-1-9-32(37)33-10-2-6-14-38(33)45/h1-17,19-25,27H,18H2. The predicted octanol–water partition coefficient (Wildman–Crippen LogP) is 11.2. The zero-order valence-electron chi connectivity index (χ0n) is 25.4. The number of nitrogens with zero attached hydrogens (tertiary/aromatic N) is 3. The van der Waals surface area contributed by atoms with Crippen LogP contribution in [0.3, 0.4) is 0 Å². The SMILES string of the molecule is N#Cc1cc(-n2c3ccccc3c3c4oc5ccccc5c4ccc32)ccc1C1C=CC(n2c3ccccc3c3ccccc32)=CC1. The molecule has 0 bridgehead atoms. The smallest absolute Gasteiger partial charge is 0.145 e. The number of furan rings is 1. The van der Waals surface area contributed by atoms with Crippen molar-refractivity contribution >= 4 is 71.2 Å². The average molecular weight is 602 g/mol. The highest BCUT2D eigenvalue weighted by Crippen LogP contribution is 2.41. The zero-order valence-corrected chi connectivity index (χ0v) is 25.4. The average Bonchev–Trinajstić information content (AvgIpc) is 3.79. The first-order chi connectivity index (χ1) is 23.3. The van der Waals surface area contributed by atoms with Gasteiger partial charge in [-0.2, -0.15) is 5.26 Å². The normalized spacial score (nSPS) is 15.0. The van der Waals surface area contributed by atoms with Gasteiger partial charge < -0.3 is 13.6 Å². The number of para-hydroxylation sites is 4. The molecule has 0 N–H and O–H groups in total. The van der Waals surface area contributed by atoms with Crippen LogP contribution in [-0.2, 0) is 0 Å². The van der Waals surface area contributed by atoms with E-state index in [1.165, 1.54) is 21.8 Å². The molecule has 220 valence electrons. The number of hydrogen-bond acceptors (Lipinski definition) is 2. The molecule has 4 nitrogen and oxygen atoms in total.